The van der Waals surface area contributed by atoms with Gasteiger partial charge in [0.25, 0.3) is 0 Å². The number of nitrogens with zero attached hydrogens (tertiary/aromatic N) is 2. The van der Waals surface area contributed by atoms with Crippen molar-refractivity contribution in [2.45, 2.75) is 0 Å². The van der Waals surface area contributed by atoms with Crippen LogP contribution in [0, 0.1) is 0 Å². The third-order valence-corrected chi connectivity index (χ3v) is 11.1. The number of para-hydroxylation sites is 3. The molecule has 0 unspecified atom stereocenters. The Morgan fingerprint density at radius 2 is 0.630 bits per heavy atom. The van der Waals surface area contributed by atoms with Gasteiger partial charge in [0.2, 0.25) is 0 Å². The molecule has 0 fully saturated rings. The molecule has 0 aliphatic rings. The number of benzene rings is 9. The summed E-state index contributed by atoms with van der Waals surface area (Å²) in [5, 5.41) is 7.56. The van der Waals surface area contributed by atoms with Crippen molar-refractivity contribution >= 4 is 54.4 Å². The van der Waals surface area contributed by atoms with E-state index in [0.29, 0.717) is 0 Å². The van der Waals surface area contributed by atoms with E-state index >= 15 is 0 Å². The van der Waals surface area contributed by atoms with Gasteiger partial charge in [-0.05, 0) is 105 Å². The molecule has 252 valence electrons. The molecule has 0 atom stereocenters. The van der Waals surface area contributed by atoms with Crippen LogP contribution in [0.5, 0.6) is 0 Å². The van der Waals surface area contributed by atoms with Crippen LogP contribution in [0.2, 0.25) is 0 Å². The molecule has 0 saturated carbocycles. The van der Waals surface area contributed by atoms with Gasteiger partial charge in [-0.15, -0.1) is 0 Å². The predicted molar refractivity (Wildman–Crippen MR) is 229 cm³/mol. The molecule has 54 heavy (non-hydrogen) atoms. The first-order valence-electron chi connectivity index (χ1n) is 18.6. The molecule has 0 bridgehead atoms. The first-order valence-corrected chi connectivity index (χ1v) is 18.6. The Labute approximate surface area is 313 Å². The molecule has 0 aliphatic heterocycles. The minimum absolute atomic E-state index is 1.18. The van der Waals surface area contributed by atoms with Crippen molar-refractivity contribution in [2.75, 3.05) is 0 Å². The van der Waals surface area contributed by atoms with Crippen LogP contribution in [0.1, 0.15) is 0 Å². The second-order valence-electron chi connectivity index (χ2n) is 14.2. The highest BCUT2D eigenvalue weighted by atomic mass is 15.0. The van der Waals surface area contributed by atoms with Crippen molar-refractivity contribution in [3.63, 3.8) is 0 Å². The fourth-order valence-corrected chi connectivity index (χ4v) is 8.46. The van der Waals surface area contributed by atoms with Gasteiger partial charge in [0.05, 0.1) is 22.1 Å². The van der Waals surface area contributed by atoms with E-state index in [1.165, 1.54) is 99.1 Å². The molecule has 0 amide bonds. The monoisotopic (exact) mass is 686 g/mol. The second kappa shape index (κ2) is 12.2. The molecule has 2 nitrogen and oxygen atoms in total. The van der Waals surface area contributed by atoms with Gasteiger partial charge < -0.3 is 9.13 Å². The Balaban J connectivity index is 0.909. The maximum atomic E-state index is 2.40. The summed E-state index contributed by atoms with van der Waals surface area (Å²) in [6.45, 7) is 0. The second-order valence-corrected chi connectivity index (χ2v) is 14.2. The van der Waals surface area contributed by atoms with Gasteiger partial charge >= 0.3 is 0 Å². The first-order chi connectivity index (χ1) is 26.8. The summed E-state index contributed by atoms with van der Waals surface area (Å²) in [6.07, 6.45) is 0. The van der Waals surface area contributed by atoms with Crippen LogP contribution in [0.25, 0.3) is 99.1 Å². The van der Waals surface area contributed by atoms with Crippen LogP contribution < -0.4 is 0 Å². The zero-order valence-electron chi connectivity index (χ0n) is 29.5. The maximum absolute atomic E-state index is 2.40. The van der Waals surface area contributed by atoms with Gasteiger partial charge in [-0.3, -0.25) is 0 Å². The summed E-state index contributed by atoms with van der Waals surface area (Å²) in [6, 6.07) is 75.2. The molecular formula is C52H34N2. The lowest BCUT2D eigenvalue weighted by atomic mass is 9.97. The summed E-state index contributed by atoms with van der Waals surface area (Å²) < 4.78 is 4.76. The molecule has 0 N–H and O–H groups in total. The van der Waals surface area contributed by atoms with Gasteiger partial charge in [-0.1, -0.05) is 146 Å². The van der Waals surface area contributed by atoms with E-state index < -0.39 is 0 Å². The highest BCUT2D eigenvalue weighted by molar-refractivity contribution is 6.11. The molecular weight excluding hydrogens is 653 g/mol. The van der Waals surface area contributed by atoms with Crippen molar-refractivity contribution in [3.05, 3.63) is 206 Å². The lowest BCUT2D eigenvalue weighted by molar-refractivity contribution is 1.18. The van der Waals surface area contributed by atoms with Gasteiger partial charge in [0.15, 0.2) is 0 Å². The van der Waals surface area contributed by atoms with Crippen molar-refractivity contribution in [1.29, 1.82) is 0 Å². The fraction of sp³-hybridized carbons (Fsp3) is 0. The molecule has 9 aromatic carbocycles. The summed E-state index contributed by atoms with van der Waals surface area (Å²) in [5.74, 6) is 0. The van der Waals surface area contributed by atoms with E-state index in [9.17, 15) is 0 Å². The lowest BCUT2D eigenvalue weighted by Crippen LogP contribution is -1.93. The first kappa shape index (κ1) is 30.5. The molecule has 2 heterocycles. The van der Waals surface area contributed by atoms with Crippen LogP contribution in [0.15, 0.2) is 206 Å². The van der Waals surface area contributed by atoms with Crippen molar-refractivity contribution in [1.82, 2.24) is 9.13 Å². The molecule has 0 spiro atoms. The van der Waals surface area contributed by atoms with E-state index in [1.807, 2.05) is 0 Å². The van der Waals surface area contributed by atoms with Crippen LogP contribution in [-0.4, -0.2) is 9.13 Å². The van der Waals surface area contributed by atoms with Crippen LogP contribution >= 0.6 is 0 Å². The van der Waals surface area contributed by atoms with Crippen LogP contribution in [0.4, 0.5) is 0 Å². The maximum Gasteiger partial charge on any atom is 0.0541 e. The lowest BCUT2D eigenvalue weighted by Gasteiger charge is -2.10. The summed E-state index contributed by atoms with van der Waals surface area (Å²) in [4.78, 5) is 0. The normalized spacial score (nSPS) is 11.7. The van der Waals surface area contributed by atoms with Crippen molar-refractivity contribution < 1.29 is 0 Å². The number of aromatic nitrogens is 2. The standard InChI is InChI=1S/C52H34N2/c1-2-12-43(13-3-1)53-49-16-8-6-14-45(49)47-33-41(27-30-51(47)53)38-22-18-36(19-23-38)37-20-24-39(25-21-37)42-28-31-52-48(34-42)46-15-7-9-17-50(46)54(52)44-29-26-35-10-4-5-11-40(35)32-44/h1-34H. The Morgan fingerprint density at radius 1 is 0.222 bits per heavy atom. The molecule has 2 aromatic heterocycles. The fourth-order valence-electron chi connectivity index (χ4n) is 8.46. The number of rotatable bonds is 5. The smallest absolute Gasteiger partial charge is 0.0541 e. The molecule has 11 aromatic rings. The SMILES string of the molecule is c1ccc(-n2c3ccccc3c3cc(-c4ccc(-c5ccc(-c6ccc7c(c6)c6ccccc6n7-c6ccc7ccccc7c6)cc5)cc4)ccc32)cc1. The molecule has 0 aliphatic carbocycles. The highest BCUT2D eigenvalue weighted by Gasteiger charge is 2.15. The Hall–Kier alpha value is -7.16. The minimum atomic E-state index is 1.18. The van der Waals surface area contributed by atoms with E-state index in [2.05, 4.69) is 215 Å². The largest absolute Gasteiger partial charge is 0.309 e. The third kappa shape index (κ3) is 4.88. The van der Waals surface area contributed by atoms with Gasteiger partial charge in [0.1, 0.15) is 0 Å². The molecule has 2 heteroatoms. The van der Waals surface area contributed by atoms with Gasteiger partial charge in [-0.25, -0.2) is 0 Å². The van der Waals surface area contributed by atoms with Gasteiger partial charge in [0, 0.05) is 32.9 Å². The molecule has 0 saturated heterocycles. The van der Waals surface area contributed by atoms with Gasteiger partial charge in [-0.2, -0.15) is 0 Å². The van der Waals surface area contributed by atoms with Crippen molar-refractivity contribution in [3.8, 4) is 44.8 Å². The number of fused-ring (bicyclic) bond motifs is 7. The summed E-state index contributed by atoms with van der Waals surface area (Å²) in [7, 11) is 0. The Morgan fingerprint density at radius 3 is 1.19 bits per heavy atom. The van der Waals surface area contributed by atoms with Crippen LogP contribution in [0.3, 0.4) is 0 Å². The van der Waals surface area contributed by atoms with Crippen molar-refractivity contribution in [2.24, 2.45) is 0 Å². The average Bonchev–Trinajstić information content (AvgIpc) is 3.76. The Kier molecular flexibility index (Phi) is 6.90. The third-order valence-electron chi connectivity index (χ3n) is 11.1. The minimum Gasteiger partial charge on any atom is -0.309 e. The average molecular weight is 687 g/mol. The quantitative estimate of drug-likeness (QED) is 0.171. The van der Waals surface area contributed by atoms with E-state index in [0.717, 1.165) is 0 Å². The van der Waals surface area contributed by atoms with Crippen LogP contribution in [-0.2, 0) is 0 Å². The number of hydrogen-bond acceptors (Lipinski definition) is 0. The zero-order chi connectivity index (χ0) is 35.6. The summed E-state index contributed by atoms with van der Waals surface area (Å²) >= 11 is 0. The molecule has 11 rings (SSSR count). The summed E-state index contributed by atoms with van der Waals surface area (Å²) in [5.41, 5.74) is 14.5. The highest BCUT2D eigenvalue weighted by Crippen LogP contribution is 2.38. The van der Waals surface area contributed by atoms with E-state index in [1.54, 1.807) is 0 Å². The topological polar surface area (TPSA) is 9.86 Å². The van der Waals surface area contributed by atoms with E-state index in [4.69, 9.17) is 0 Å². The molecule has 0 radical (unpaired) electrons. The number of hydrogen-bond donors (Lipinski definition) is 0. The van der Waals surface area contributed by atoms with E-state index in [-0.39, 0.29) is 0 Å². The Bertz CT molecular complexity index is 3180. The predicted octanol–water partition coefficient (Wildman–Crippen LogP) is 14.0. The zero-order valence-corrected chi connectivity index (χ0v) is 29.5.